The van der Waals surface area contributed by atoms with E-state index in [9.17, 15) is 0 Å². The van der Waals surface area contributed by atoms with Crippen LogP contribution in [0.15, 0.2) is 18.6 Å². The van der Waals surface area contributed by atoms with E-state index in [0.717, 1.165) is 18.9 Å². The van der Waals surface area contributed by atoms with Gasteiger partial charge in [-0.2, -0.15) is 0 Å². The van der Waals surface area contributed by atoms with E-state index in [1.54, 1.807) is 12.5 Å². The molecule has 2 heterocycles. The largest absolute Gasteiger partial charge is 0.388 e. The maximum Gasteiger partial charge on any atom is 0.353 e. The molecule has 4 nitrogen and oxygen atoms in total. The Morgan fingerprint density at radius 1 is 1.40 bits per heavy atom. The molecule has 0 aliphatic carbocycles. The maximum absolute atomic E-state index is 4.21. The number of hydrogen-bond donors (Lipinski definition) is 0. The molecule has 82 valence electrons. The van der Waals surface area contributed by atoms with E-state index in [2.05, 4.69) is 41.0 Å². The van der Waals surface area contributed by atoms with Crippen molar-refractivity contribution in [3.63, 3.8) is 0 Å². The topological polar surface area (TPSA) is 32.3 Å². The van der Waals surface area contributed by atoms with Crippen LogP contribution in [0.2, 0.25) is 0 Å². The summed E-state index contributed by atoms with van der Waals surface area (Å²) < 4.78 is 0. The molecule has 1 aliphatic heterocycles. The Morgan fingerprint density at radius 3 is 2.73 bits per heavy atom. The number of hydrogen-bond acceptors (Lipinski definition) is 4. The molecule has 1 aromatic heterocycles. The van der Waals surface area contributed by atoms with Gasteiger partial charge in [-0.15, -0.1) is 0 Å². The zero-order chi connectivity index (χ0) is 9.97. The van der Waals surface area contributed by atoms with Crippen molar-refractivity contribution in [1.29, 1.82) is 0 Å². The van der Waals surface area contributed by atoms with E-state index in [4.69, 9.17) is 0 Å². The predicted molar refractivity (Wildman–Crippen MR) is 57.0 cm³/mol. The van der Waals surface area contributed by atoms with Crippen LogP contribution in [-0.4, -0.2) is 41.5 Å². The third-order valence-corrected chi connectivity index (χ3v) is 2.41. The molecule has 0 atom stereocenters. The summed E-state index contributed by atoms with van der Waals surface area (Å²) in [5, 5.41) is 0. The van der Waals surface area contributed by atoms with E-state index in [-0.39, 0.29) is 20.1 Å². The van der Waals surface area contributed by atoms with Crippen LogP contribution in [0.1, 0.15) is 13.8 Å². The predicted octanol–water partition coefficient (Wildman–Crippen LogP) is 0.539. The van der Waals surface area contributed by atoms with E-state index in [0.29, 0.717) is 6.04 Å². The van der Waals surface area contributed by atoms with Crippen LogP contribution >= 0.6 is 0 Å². The summed E-state index contributed by atoms with van der Waals surface area (Å²) in [6.45, 7) is 6.47. The molecular formula is C9H14BIrN4. The molecule has 2 radical (unpaired) electrons. The molecule has 1 fully saturated rings. The molecule has 6 heteroatoms. The normalized spacial score (nSPS) is 16.3. The molecule has 0 N–H and O–H groups in total. The second-order valence-corrected chi connectivity index (χ2v) is 3.71. The van der Waals surface area contributed by atoms with Gasteiger partial charge in [0.05, 0.1) is 0 Å². The Hall–Kier alpha value is -0.446. The first-order valence-electron chi connectivity index (χ1n) is 4.91. The maximum atomic E-state index is 4.21. The van der Waals surface area contributed by atoms with Crippen LogP contribution in [0.25, 0.3) is 0 Å². The third-order valence-electron chi connectivity index (χ3n) is 2.41. The van der Waals surface area contributed by atoms with Gasteiger partial charge in [0, 0.05) is 39.4 Å². The second kappa shape index (κ2) is 5.59. The standard InChI is InChI=1S/C9H14BN4.Ir/c1-8(2)13-5-6-14(10-13)9-3-4-11-7-12-9;/h3-4,7-8H,5-6H2,1-2H3;. The van der Waals surface area contributed by atoms with Crippen molar-refractivity contribution in [3.8, 4) is 0 Å². The van der Waals surface area contributed by atoms with Crippen molar-refractivity contribution in [2.24, 2.45) is 0 Å². The fourth-order valence-electron chi connectivity index (χ4n) is 1.54. The van der Waals surface area contributed by atoms with Crippen molar-refractivity contribution in [1.82, 2.24) is 14.8 Å². The quantitative estimate of drug-likeness (QED) is 0.701. The second-order valence-electron chi connectivity index (χ2n) is 3.71. The van der Waals surface area contributed by atoms with Gasteiger partial charge in [0.2, 0.25) is 0 Å². The first kappa shape index (κ1) is 12.6. The van der Waals surface area contributed by atoms with Gasteiger partial charge in [-0.3, -0.25) is 0 Å². The average Bonchev–Trinajstić information content (AvgIpc) is 2.68. The molecular weight excluding hydrogens is 367 g/mol. The van der Waals surface area contributed by atoms with Gasteiger partial charge in [-0.1, -0.05) is 13.8 Å². The van der Waals surface area contributed by atoms with Gasteiger partial charge in [0.1, 0.15) is 12.1 Å². The zero-order valence-corrected chi connectivity index (χ0v) is 11.3. The molecule has 0 bridgehead atoms. The van der Waals surface area contributed by atoms with Gasteiger partial charge in [-0.25, -0.2) is 9.97 Å². The van der Waals surface area contributed by atoms with Gasteiger partial charge in [0.25, 0.3) is 0 Å². The zero-order valence-electron chi connectivity index (χ0n) is 8.92. The molecule has 1 aliphatic rings. The van der Waals surface area contributed by atoms with Gasteiger partial charge in [-0.05, 0) is 12.1 Å². The molecule has 0 amide bonds. The summed E-state index contributed by atoms with van der Waals surface area (Å²) in [6.07, 6.45) is 3.36. The number of anilines is 1. The number of nitrogens with zero attached hydrogens (tertiary/aromatic N) is 4. The van der Waals surface area contributed by atoms with Gasteiger partial charge in [0.15, 0.2) is 0 Å². The summed E-state index contributed by atoms with van der Waals surface area (Å²) >= 11 is 0. The fourth-order valence-corrected chi connectivity index (χ4v) is 1.54. The fraction of sp³-hybridized carbons (Fsp3) is 0.556. The third kappa shape index (κ3) is 3.00. The number of aromatic nitrogens is 2. The molecule has 0 spiro atoms. The van der Waals surface area contributed by atoms with Crippen molar-refractivity contribution in [2.75, 3.05) is 17.9 Å². The number of rotatable bonds is 2. The first-order chi connectivity index (χ1) is 6.77. The van der Waals surface area contributed by atoms with Crippen molar-refractivity contribution >= 4 is 13.4 Å². The summed E-state index contributed by atoms with van der Waals surface area (Å²) in [7, 11) is 2.13. The van der Waals surface area contributed by atoms with Crippen LogP contribution < -0.4 is 4.81 Å². The van der Waals surface area contributed by atoms with Crippen LogP contribution in [0.3, 0.4) is 0 Å². The Bertz CT molecular complexity index is 295. The summed E-state index contributed by atoms with van der Waals surface area (Å²) in [5.41, 5.74) is 0. The van der Waals surface area contributed by atoms with Crippen LogP contribution in [0.5, 0.6) is 0 Å². The van der Waals surface area contributed by atoms with Crippen LogP contribution in [0, 0.1) is 0 Å². The summed E-state index contributed by atoms with van der Waals surface area (Å²) in [4.78, 5) is 12.6. The minimum atomic E-state index is 0. The minimum absolute atomic E-state index is 0. The molecule has 0 unspecified atom stereocenters. The average molecular weight is 381 g/mol. The van der Waals surface area contributed by atoms with E-state index < -0.39 is 0 Å². The molecule has 1 saturated heterocycles. The van der Waals surface area contributed by atoms with Crippen molar-refractivity contribution < 1.29 is 20.1 Å². The van der Waals surface area contributed by atoms with E-state index >= 15 is 0 Å². The monoisotopic (exact) mass is 382 g/mol. The Kier molecular flexibility index (Phi) is 4.70. The molecule has 15 heavy (non-hydrogen) atoms. The Balaban J connectivity index is 0.00000112. The first-order valence-corrected chi connectivity index (χ1v) is 4.91. The Labute approximate surface area is 105 Å². The van der Waals surface area contributed by atoms with Crippen molar-refractivity contribution in [3.05, 3.63) is 18.6 Å². The SMILES string of the molecule is CC(C)N1[B]N(c2ccncn2)CC1.[Ir]. The minimum Gasteiger partial charge on any atom is -0.388 e. The van der Waals surface area contributed by atoms with Gasteiger partial charge >= 0.3 is 7.55 Å². The van der Waals surface area contributed by atoms with Crippen LogP contribution in [0.4, 0.5) is 5.82 Å². The van der Waals surface area contributed by atoms with Gasteiger partial charge < -0.3 is 9.62 Å². The molecule has 0 saturated carbocycles. The van der Waals surface area contributed by atoms with Crippen molar-refractivity contribution in [2.45, 2.75) is 19.9 Å². The molecule has 2 rings (SSSR count). The smallest absolute Gasteiger partial charge is 0.353 e. The van der Waals surface area contributed by atoms with E-state index in [1.807, 2.05) is 6.07 Å². The van der Waals surface area contributed by atoms with Crippen LogP contribution in [-0.2, 0) is 20.1 Å². The van der Waals surface area contributed by atoms with E-state index in [1.165, 1.54) is 0 Å². The summed E-state index contributed by atoms with van der Waals surface area (Å²) in [6, 6.07) is 2.49. The molecule has 1 aromatic rings. The Morgan fingerprint density at radius 2 is 2.20 bits per heavy atom. The molecule has 0 aromatic carbocycles. The summed E-state index contributed by atoms with van der Waals surface area (Å²) in [5.74, 6) is 0.975.